The van der Waals surface area contributed by atoms with E-state index in [0.29, 0.717) is 6.54 Å². The highest BCUT2D eigenvalue weighted by molar-refractivity contribution is 5.77. The first-order valence-corrected chi connectivity index (χ1v) is 5.85. The molecule has 2 aliphatic rings. The topological polar surface area (TPSA) is 83.6 Å². The molecule has 1 heterocycles. The van der Waals surface area contributed by atoms with Gasteiger partial charge >= 0.3 is 5.97 Å². The monoisotopic (exact) mass is 226 g/mol. The molecule has 1 saturated heterocycles. The Hall–Kier alpha value is -1.10. The molecule has 0 aromatic carbocycles. The van der Waals surface area contributed by atoms with Gasteiger partial charge < -0.3 is 10.8 Å². The number of nitrogens with two attached hydrogens (primary N) is 1. The van der Waals surface area contributed by atoms with Crippen LogP contribution in [-0.4, -0.2) is 41.0 Å². The van der Waals surface area contributed by atoms with Crippen molar-refractivity contribution in [3.63, 3.8) is 0 Å². The number of primary amides is 1. The molecule has 2 fully saturated rings. The molecule has 5 nitrogen and oxygen atoms in total. The number of hydrogen-bond acceptors (Lipinski definition) is 3. The maximum atomic E-state index is 11.2. The van der Waals surface area contributed by atoms with Crippen LogP contribution < -0.4 is 5.73 Å². The van der Waals surface area contributed by atoms with Gasteiger partial charge in [0.25, 0.3) is 0 Å². The minimum Gasteiger partial charge on any atom is -0.480 e. The summed E-state index contributed by atoms with van der Waals surface area (Å²) in [5.74, 6) is -0.948. The molecule has 5 heteroatoms. The Morgan fingerprint density at radius 1 is 1.31 bits per heavy atom. The zero-order valence-electron chi connectivity index (χ0n) is 9.26. The lowest BCUT2D eigenvalue weighted by molar-refractivity contribution is -0.146. The van der Waals surface area contributed by atoms with Gasteiger partial charge in [-0.3, -0.25) is 14.5 Å². The summed E-state index contributed by atoms with van der Waals surface area (Å²) in [6.07, 6.45) is 3.65. The molecule has 1 saturated carbocycles. The fourth-order valence-electron chi connectivity index (χ4n) is 2.56. The Balaban J connectivity index is 2.01. The lowest BCUT2D eigenvalue weighted by atomic mass is 9.95. The van der Waals surface area contributed by atoms with Gasteiger partial charge in [0, 0.05) is 6.54 Å². The molecule has 0 bridgehead atoms. The van der Waals surface area contributed by atoms with Crippen LogP contribution in [0.3, 0.4) is 0 Å². The minimum absolute atomic E-state index is 0.172. The van der Waals surface area contributed by atoms with Gasteiger partial charge in [-0.05, 0) is 38.1 Å². The van der Waals surface area contributed by atoms with Crippen molar-refractivity contribution in [1.29, 1.82) is 0 Å². The van der Waals surface area contributed by atoms with Crippen molar-refractivity contribution in [2.75, 3.05) is 13.1 Å². The molecule has 3 N–H and O–H groups in total. The van der Waals surface area contributed by atoms with Gasteiger partial charge in [-0.25, -0.2) is 0 Å². The molecule has 0 radical (unpaired) electrons. The molecule has 0 spiro atoms. The lowest BCUT2D eigenvalue weighted by Gasteiger charge is -2.35. The molecule has 16 heavy (non-hydrogen) atoms. The summed E-state index contributed by atoms with van der Waals surface area (Å²) >= 11 is 0. The van der Waals surface area contributed by atoms with Crippen LogP contribution in [0.15, 0.2) is 0 Å². The summed E-state index contributed by atoms with van der Waals surface area (Å²) < 4.78 is 0. The molecule has 0 aromatic rings. The zero-order chi connectivity index (χ0) is 11.7. The van der Waals surface area contributed by atoms with Gasteiger partial charge in [0.15, 0.2) is 0 Å². The molecule has 0 aromatic heterocycles. The molecular weight excluding hydrogens is 208 g/mol. The molecule has 1 aliphatic heterocycles. The number of likely N-dealkylation sites (tertiary alicyclic amines) is 1. The van der Waals surface area contributed by atoms with E-state index in [1.807, 2.05) is 4.90 Å². The predicted molar refractivity (Wildman–Crippen MR) is 57.6 cm³/mol. The number of carboxylic acid groups (broad SMARTS) is 1. The minimum atomic E-state index is -0.757. The van der Waals surface area contributed by atoms with Crippen molar-refractivity contribution in [3.05, 3.63) is 0 Å². The lowest BCUT2D eigenvalue weighted by Crippen LogP contribution is -2.50. The van der Waals surface area contributed by atoms with Crippen molar-refractivity contribution in [2.45, 2.75) is 31.7 Å². The van der Waals surface area contributed by atoms with Crippen LogP contribution in [0.4, 0.5) is 0 Å². The highest BCUT2D eigenvalue weighted by Crippen LogP contribution is 2.36. The number of nitrogens with zero attached hydrogens (tertiary/aromatic N) is 1. The fourth-order valence-corrected chi connectivity index (χ4v) is 2.56. The molecular formula is C11H18N2O3. The second-order valence-electron chi connectivity index (χ2n) is 4.86. The quantitative estimate of drug-likeness (QED) is 0.709. The van der Waals surface area contributed by atoms with Crippen LogP contribution in [0.5, 0.6) is 0 Å². The van der Waals surface area contributed by atoms with Crippen molar-refractivity contribution < 1.29 is 14.7 Å². The number of carbonyl (C=O) groups excluding carboxylic acids is 1. The van der Waals surface area contributed by atoms with E-state index in [2.05, 4.69) is 0 Å². The number of hydrogen-bond donors (Lipinski definition) is 2. The van der Waals surface area contributed by atoms with Gasteiger partial charge in [0.2, 0.25) is 5.91 Å². The number of carboxylic acids is 1. The second kappa shape index (κ2) is 4.41. The van der Waals surface area contributed by atoms with Crippen molar-refractivity contribution in [1.82, 2.24) is 4.90 Å². The van der Waals surface area contributed by atoms with E-state index in [9.17, 15) is 14.7 Å². The SMILES string of the molecule is NC(=O)C1CCCN(C(C(=O)O)C2CC2)C1. The Bertz CT molecular complexity index is 302. The van der Waals surface area contributed by atoms with E-state index in [4.69, 9.17) is 5.73 Å². The van der Waals surface area contributed by atoms with Gasteiger partial charge in [-0.1, -0.05) is 0 Å². The number of amides is 1. The van der Waals surface area contributed by atoms with Crippen molar-refractivity contribution in [2.24, 2.45) is 17.6 Å². The largest absolute Gasteiger partial charge is 0.480 e. The van der Waals surface area contributed by atoms with Gasteiger partial charge in [-0.15, -0.1) is 0 Å². The van der Waals surface area contributed by atoms with E-state index >= 15 is 0 Å². The average Bonchev–Trinajstić information content (AvgIpc) is 3.02. The first-order valence-electron chi connectivity index (χ1n) is 5.85. The zero-order valence-corrected chi connectivity index (χ0v) is 9.26. The van der Waals surface area contributed by atoms with E-state index in [-0.39, 0.29) is 17.7 Å². The number of carbonyl (C=O) groups is 2. The molecule has 2 unspecified atom stereocenters. The smallest absolute Gasteiger partial charge is 0.321 e. The second-order valence-corrected chi connectivity index (χ2v) is 4.86. The van der Waals surface area contributed by atoms with Gasteiger partial charge in [-0.2, -0.15) is 0 Å². The molecule has 90 valence electrons. The standard InChI is InChI=1S/C11H18N2O3/c12-10(14)8-2-1-5-13(6-8)9(11(15)16)7-3-4-7/h7-9H,1-6H2,(H2,12,14)(H,15,16). The Morgan fingerprint density at radius 3 is 2.50 bits per heavy atom. The van der Waals surface area contributed by atoms with Crippen molar-refractivity contribution in [3.8, 4) is 0 Å². The number of rotatable bonds is 4. The van der Waals surface area contributed by atoms with E-state index in [1.54, 1.807) is 0 Å². The third-order valence-electron chi connectivity index (χ3n) is 3.57. The Kier molecular flexibility index (Phi) is 3.14. The molecule has 1 aliphatic carbocycles. The summed E-state index contributed by atoms with van der Waals surface area (Å²) in [5, 5.41) is 9.20. The summed E-state index contributed by atoms with van der Waals surface area (Å²) in [7, 11) is 0. The normalized spacial score (nSPS) is 28.6. The van der Waals surface area contributed by atoms with Crippen LogP contribution in [0, 0.1) is 11.8 Å². The summed E-state index contributed by atoms with van der Waals surface area (Å²) in [6.45, 7) is 1.29. The van der Waals surface area contributed by atoms with Crippen LogP contribution in [-0.2, 0) is 9.59 Å². The Morgan fingerprint density at radius 2 is 2.00 bits per heavy atom. The van der Waals surface area contributed by atoms with Gasteiger partial charge in [0.1, 0.15) is 6.04 Å². The van der Waals surface area contributed by atoms with Crippen LogP contribution in [0.2, 0.25) is 0 Å². The van der Waals surface area contributed by atoms with Crippen LogP contribution in [0.25, 0.3) is 0 Å². The Labute approximate surface area is 94.6 Å². The molecule has 2 rings (SSSR count). The molecule has 2 atom stereocenters. The maximum absolute atomic E-state index is 11.2. The first kappa shape index (κ1) is 11.4. The van der Waals surface area contributed by atoms with E-state index in [0.717, 1.165) is 32.2 Å². The maximum Gasteiger partial charge on any atom is 0.321 e. The number of piperidine rings is 1. The molecule has 1 amide bonds. The highest BCUT2D eigenvalue weighted by atomic mass is 16.4. The third-order valence-corrected chi connectivity index (χ3v) is 3.57. The van der Waals surface area contributed by atoms with Gasteiger partial charge in [0.05, 0.1) is 5.92 Å². The predicted octanol–water partition coefficient (Wildman–Crippen LogP) is 0.0469. The summed E-state index contributed by atoms with van der Waals surface area (Å²) in [5.41, 5.74) is 5.28. The first-order chi connectivity index (χ1) is 7.59. The van der Waals surface area contributed by atoms with E-state index < -0.39 is 12.0 Å². The van der Waals surface area contributed by atoms with Crippen LogP contribution >= 0.6 is 0 Å². The summed E-state index contributed by atoms with van der Waals surface area (Å²) in [6, 6.07) is -0.401. The highest BCUT2D eigenvalue weighted by Gasteiger charge is 2.42. The number of aliphatic carboxylic acids is 1. The fraction of sp³-hybridized carbons (Fsp3) is 0.818. The summed E-state index contributed by atoms with van der Waals surface area (Å²) in [4.78, 5) is 24.3. The van der Waals surface area contributed by atoms with E-state index in [1.165, 1.54) is 0 Å². The van der Waals surface area contributed by atoms with Crippen LogP contribution in [0.1, 0.15) is 25.7 Å². The van der Waals surface area contributed by atoms with Crippen molar-refractivity contribution >= 4 is 11.9 Å². The average molecular weight is 226 g/mol. The third kappa shape index (κ3) is 2.35.